The number of unbranched alkanes of at least 4 members (excludes halogenated alkanes) is 39. The minimum Gasteiger partial charge on any atom is -0.462 e. The highest BCUT2D eigenvalue weighted by atomic mass is 16.6. The topological polar surface area (TPSA) is 61.8 Å². The van der Waals surface area contributed by atoms with E-state index in [4.69, 9.17) is 14.2 Å². The van der Waals surface area contributed by atoms with Crippen LogP contribution in [0.4, 0.5) is 0 Å². The second-order valence-corrected chi connectivity index (χ2v) is 21.0. The molecule has 1 unspecified atom stereocenters. The minimum absolute atomic E-state index is 0.0828. The van der Waals surface area contributed by atoms with E-state index in [1.54, 1.807) is 0 Å². The fourth-order valence-corrected chi connectivity index (χ4v) is 9.16. The molecule has 0 aromatic rings. The first-order valence-electron chi connectivity index (χ1n) is 31.2. The van der Waals surface area contributed by atoms with Gasteiger partial charge in [0.2, 0.25) is 0 Å². The zero-order chi connectivity index (χ0) is 50.6. The molecule has 1 atom stereocenters. The van der Waals surface area contributed by atoms with Crippen molar-refractivity contribution in [3.05, 3.63) is 48.6 Å². The molecule has 0 saturated heterocycles. The number of ether oxygens (including phenoxy) is 3. The van der Waals surface area contributed by atoms with Gasteiger partial charge in [0.15, 0.2) is 6.10 Å². The summed E-state index contributed by atoms with van der Waals surface area (Å²) in [5, 5.41) is 0. The molecule has 0 spiro atoms. The summed E-state index contributed by atoms with van der Waals surface area (Å²) in [4.78, 5) is 25.6. The molecule has 5 nitrogen and oxygen atoms in total. The first kappa shape index (κ1) is 67.9. The van der Waals surface area contributed by atoms with Crippen molar-refractivity contribution in [2.24, 2.45) is 0 Å². The van der Waals surface area contributed by atoms with Crippen molar-refractivity contribution in [1.29, 1.82) is 0 Å². The number of hydrogen-bond donors (Lipinski definition) is 0. The summed E-state index contributed by atoms with van der Waals surface area (Å²) < 4.78 is 17.5. The molecule has 70 heavy (non-hydrogen) atoms. The van der Waals surface area contributed by atoms with Gasteiger partial charge in [-0.2, -0.15) is 0 Å². The van der Waals surface area contributed by atoms with Gasteiger partial charge in [0, 0.05) is 19.4 Å². The van der Waals surface area contributed by atoms with Crippen LogP contribution >= 0.6 is 0 Å². The molecule has 0 aliphatic rings. The predicted octanol–water partition coefficient (Wildman–Crippen LogP) is 21.5. The molecule has 0 aliphatic heterocycles. The van der Waals surface area contributed by atoms with Crippen LogP contribution in [0.2, 0.25) is 0 Å². The average Bonchev–Trinajstić information content (AvgIpc) is 3.36. The predicted molar refractivity (Wildman–Crippen MR) is 307 cm³/mol. The van der Waals surface area contributed by atoms with E-state index < -0.39 is 6.10 Å². The summed E-state index contributed by atoms with van der Waals surface area (Å²) in [5.41, 5.74) is 0. The summed E-state index contributed by atoms with van der Waals surface area (Å²) >= 11 is 0. The Morgan fingerprint density at radius 3 is 0.971 bits per heavy atom. The van der Waals surface area contributed by atoms with Crippen LogP contribution in [0.25, 0.3) is 0 Å². The van der Waals surface area contributed by atoms with Crippen LogP contribution in [0, 0.1) is 0 Å². The van der Waals surface area contributed by atoms with Crippen LogP contribution < -0.4 is 0 Å². The van der Waals surface area contributed by atoms with Gasteiger partial charge in [-0.05, 0) is 83.5 Å². The molecule has 5 heteroatoms. The number of carbonyl (C=O) groups is 2. The van der Waals surface area contributed by atoms with Gasteiger partial charge in [-0.25, -0.2) is 0 Å². The van der Waals surface area contributed by atoms with Crippen molar-refractivity contribution in [2.75, 3.05) is 19.8 Å². The Labute approximate surface area is 437 Å². The normalized spacial score (nSPS) is 12.4. The molecule has 0 fully saturated rings. The lowest BCUT2D eigenvalue weighted by atomic mass is 10.0. The van der Waals surface area contributed by atoms with Crippen LogP contribution in [0.3, 0.4) is 0 Å². The Balaban J connectivity index is 4.25. The SMILES string of the molecule is CCCCC/C=C\C/C=C\CCCCCCCCCCCC(=O)OCC(COCCCCCCCC/C=C\C/C=C\CCCCC)OC(=O)CCCCCCCCCCCCCCCCCCCCC. The fourth-order valence-electron chi connectivity index (χ4n) is 9.16. The van der Waals surface area contributed by atoms with Gasteiger partial charge >= 0.3 is 11.9 Å². The van der Waals surface area contributed by atoms with E-state index in [1.807, 2.05) is 0 Å². The summed E-state index contributed by atoms with van der Waals surface area (Å²) in [6.45, 7) is 7.82. The van der Waals surface area contributed by atoms with Gasteiger partial charge < -0.3 is 14.2 Å². The molecule has 0 radical (unpaired) electrons. The molecule has 0 amide bonds. The molecular formula is C65H120O5. The number of hydrogen-bond acceptors (Lipinski definition) is 5. The quantitative estimate of drug-likeness (QED) is 0.0345. The van der Waals surface area contributed by atoms with E-state index in [1.165, 1.54) is 244 Å². The van der Waals surface area contributed by atoms with Crippen LogP contribution in [-0.2, 0) is 23.8 Å². The highest BCUT2D eigenvalue weighted by Crippen LogP contribution is 2.17. The van der Waals surface area contributed by atoms with E-state index in [-0.39, 0.29) is 25.2 Å². The van der Waals surface area contributed by atoms with Crippen molar-refractivity contribution in [3.63, 3.8) is 0 Å². The van der Waals surface area contributed by atoms with Crippen molar-refractivity contribution in [3.8, 4) is 0 Å². The molecule has 0 bridgehead atoms. The van der Waals surface area contributed by atoms with Gasteiger partial charge in [-0.15, -0.1) is 0 Å². The number of allylic oxidation sites excluding steroid dienone is 8. The zero-order valence-electron chi connectivity index (χ0n) is 47.3. The average molecular weight is 982 g/mol. The Morgan fingerprint density at radius 1 is 0.314 bits per heavy atom. The first-order valence-corrected chi connectivity index (χ1v) is 31.2. The van der Waals surface area contributed by atoms with Crippen molar-refractivity contribution < 1.29 is 23.8 Å². The maximum Gasteiger partial charge on any atom is 0.306 e. The van der Waals surface area contributed by atoms with E-state index >= 15 is 0 Å². The van der Waals surface area contributed by atoms with E-state index in [0.717, 1.165) is 51.4 Å². The number of carbonyl (C=O) groups excluding carboxylic acids is 2. The van der Waals surface area contributed by atoms with Crippen LogP contribution in [0.5, 0.6) is 0 Å². The van der Waals surface area contributed by atoms with Crippen LogP contribution in [0.15, 0.2) is 48.6 Å². The Morgan fingerprint density at radius 2 is 0.600 bits per heavy atom. The van der Waals surface area contributed by atoms with Gasteiger partial charge in [-0.1, -0.05) is 281 Å². The third kappa shape index (κ3) is 58.4. The largest absolute Gasteiger partial charge is 0.462 e. The lowest BCUT2D eigenvalue weighted by Gasteiger charge is -2.18. The Bertz CT molecular complexity index is 1150. The molecular weight excluding hydrogens is 861 g/mol. The smallest absolute Gasteiger partial charge is 0.306 e. The Hall–Kier alpha value is -2.14. The molecule has 0 aromatic carbocycles. The van der Waals surface area contributed by atoms with E-state index in [2.05, 4.69) is 69.4 Å². The standard InChI is InChI=1S/C65H120O5/c1-4-7-10-13-16-19-22-25-28-31-33-35-37-40-43-46-49-52-55-58-64(66)69-62-63(61-68-60-57-54-51-48-45-42-39-30-27-24-21-18-15-12-9-6-3)70-65(67)59-56-53-50-47-44-41-38-36-34-32-29-26-23-20-17-14-11-8-5-2/h16,18-19,21,25,27-28,30,63H,4-15,17,20,22-24,26,29,31-62H2,1-3H3/b19-16-,21-18-,28-25-,30-27-. The fraction of sp³-hybridized carbons (Fsp3) is 0.846. The minimum atomic E-state index is -0.542. The lowest BCUT2D eigenvalue weighted by Crippen LogP contribution is -2.30. The summed E-state index contributed by atoms with van der Waals surface area (Å²) in [7, 11) is 0. The molecule has 0 heterocycles. The second kappa shape index (κ2) is 61.2. The maximum atomic E-state index is 12.9. The maximum absolute atomic E-state index is 12.9. The third-order valence-corrected chi connectivity index (χ3v) is 13.8. The van der Waals surface area contributed by atoms with Crippen LogP contribution in [0.1, 0.15) is 329 Å². The second-order valence-electron chi connectivity index (χ2n) is 21.0. The summed E-state index contributed by atoms with van der Waals surface area (Å²) in [6, 6.07) is 0. The van der Waals surface area contributed by atoms with Crippen LogP contribution in [-0.4, -0.2) is 37.9 Å². The lowest BCUT2D eigenvalue weighted by molar-refractivity contribution is -0.163. The monoisotopic (exact) mass is 981 g/mol. The first-order chi connectivity index (χ1) is 34.6. The summed E-state index contributed by atoms with van der Waals surface area (Å²) in [5.74, 6) is -0.388. The highest BCUT2D eigenvalue weighted by Gasteiger charge is 2.18. The van der Waals surface area contributed by atoms with E-state index in [9.17, 15) is 9.59 Å². The summed E-state index contributed by atoms with van der Waals surface area (Å²) in [6.07, 6.45) is 77.1. The van der Waals surface area contributed by atoms with Crippen molar-refractivity contribution >= 4 is 11.9 Å². The van der Waals surface area contributed by atoms with Crippen molar-refractivity contribution in [2.45, 2.75) is 335 Å². The molecule has 0 saturated carbocycles. The molecule has 0 aromatic heterocycles. The number of rotatable bonds is 58. The van der Waals surface area contributed by atoms with E-state index in [0.29, 0.717) is 19.4 Å². The third-order valence-electron chi connectivity index (χ3n) is 13.8. The highest BCUT2D eigenvalue weighted by molar-refractivity contribution is 5.70. The zero-order valence-corrected chi connectivity index (χ0v) is 47.3. The van der Waals surface area contributed by atoms with Gasteiger partial charge in [0.25, 0.3) is 0 Å². The van der Waals surface area contributed by atoms with Gasteiger partial charge in [-0.3, -0.25) is 9.59 Å². The Kier molecular flexibility index (Phi) is 59.3. The van der Waals surface area contributed by atoms with Crippen molar-refractivity contribution in [1.82, 2.24) is 0 Å². The molecule has 410 valence electrons. The number of esters is 2. The van der Waals surface area contributed by atoms with Gasteiger partial charge in [0.1, 0.15) is 6.61 Å². The van der Waals surface area contributed by atoms with Gasteiger partial charge in [0.05, 0.1) is 6.61 Å². The molecule has 0 rings (SSSR count). The molecule has 0 aliphatic carbocycles. The molecule has 0 N–H and O–H groups in total.